The maximum Gasteiger partial charge on any atom is 0.268 e. The zero-order valence-electron chi connectivity index (χ0n) is 14.8. The number of aromatic nitrogens is 1. The van der Waals surface area contributed by atoms with Gasteiger partial charge in [0.25, 0.3) is 5.91 Å². The molecule has 3 rings (SSSR count). The highest BCUT2D eigenvalue weighted by atomic mass is 19.1. The number of para-hydroxylation sites is 1. The number of H-pyrrole nitrogens is 1. The van der Waals surface area contributed by atoms with Crippen LogP contribution in [-0.4, -0.2) is 41.2 Å². The Bertz CT molecular complexity index is 923. The Kier molecular flexibility index (Phi) is 5.85. The van der Waals surface area contributed by atoms with E-state index in [1.165, 1.54) is 12.1 Å². The van der Waals surface area contributed by atoms with Gasteiger partial charge in [0.15, 0.2) is 0 Å². The number of amides is 1. The van der Waals surface area contributed by atoms with Crippen LogP contribution in [0.2, 0.25) is 0 Å². The van der Waals surface area contributed by atoms with Crippen molar-refractivity contribution in [3.8, 4) is 11.1 Å². The summed E-state index contributed by atoms with van der Waals surface area (Å²) in [6.45, 7) is 0.428. The number of rotatable bonds is 7. The summed E-state index contributed by atoms with van der Waals surface area (Å²) in [4.78, 5) is 15.9. The molecule has 0 saturated heterocycles. The third-order valence-electron chi connectivity index (χ3n) is 4.52. The summed E-state index contributed by atoms with van der Waals surface area (Å²) in [7, 11) is 0. The molecule has 142 valence electrons. The molecule has 2 aromatic carbocycles. The lowest BCUT2D eigenvalue weighted by Crippen LogP contribution is -2.45. The molecule has 1 amide bonds. The molecule has 0 fully saturated rings. The molecular formula is C20H23FN4O2. The van der Waals surface area contributed by atoms with Crippen molar-refractivity contribution in [2.45, 2.75) is 18.6 Å². The Morgan fingerprint density at radius 2 is 1.89 bits per heavy atom. The molecular weight excluding hydrogens is 347 g/mol. The van der Waals surface area contributed by atoms with E-state index in [1.807, 2.05) is 24.3 Å². The third-order valence-corrected chi connectivity index (χ3v) is 4.52. The Labute approximate surface area is 156 Å². The van der Waals surface area contributed by atoms with Crippen molar-refractivity contribution in [3.05, 3.63) is 60.0 Å². The first-order valence-electron chi connectivity index (χ1n) is 8.79. The molecule has 7 N–H and O–H groups in total. The first kappa shape index (κ1) is 19.0. The Morgan fingerprint density at radius 3 is 2.59 bits per heavy atom. The lowest BCUT2D eigenvalue weighted by molar-refractivity contribution is 0.0925. The quantitative estimate of drug-likeness (QED) is 0.435. The molecule has 0 aliphatic rings. The number of carbonyl (C=O) groups is 1. The maximum atomic E-state index is 13.3. The number of hydrogen-bond donors (Lipinski definition) is 5. The number of aliphatic hydroxyl groups is 1. The van der Waals surface area contributed by atoms with Gasteiger partial charge in [-0.15, -0.1) is 0 Å². The van der Waals surface area contributed by atoms with Crippen molar-refractivity contribution >= 4 is 16.8 Å². The first-order chi connectivity index (χ1) is 13.0. The van der Waals surface area contributed by atoms with Crippen LogP contribution in [0.15, 0.2) is 48.5 Å². The van der Waals surface area contributed by atoms with Crippen molar-refractivity contribution in [1.82, 2.24) is 10.3 Å². The second kappa shape index (κ2) is 8.30. The van der Waals surface area contributed by atoms with E-state index in [4.69, 9.17) is 11.5 Å². The lowest BCUT2D eigenvalue weighted by atomic mass is 10.0. The van der Waals surface area contributed by atoms with Gasteiger partial charge in [-0.3, -0.25) is 4.79 Å². The van der Waals surface area contributed by atoms with Gasteiger partial charge in [0, 0.05) is 29.1 Å². The molecule has 0 bridgehead atoms. The lowest BCUT2D eigenvalue weighted by Gasteiger charge is -2.18. The third kappa shape index (κ3) is 4.16. The van der Waals surface area contributed by atoms with Crippen LogP contribution < -0.4 is 16.8 Å². The minimum absolute atomic E-state index is 0.109. The van der Waals surface area contributed by atoms with E-state index in [0.29, 0.717) is 24.2 Å². The standard InChI is InChI=1S/C20H23FN4O2/c21-13-7-5-12(6-8-13)18-14-3-1-2-4-16(14)25-19(18)20(27)24-11-15(23)17(26)9-10-22/h1-8,15,17,25-26H,9-11,22-23H2,(H,24,27)/t15-,17?/m0/s1. The number of fused-ring (bicyclic) bond motifs is 1. The molecule has 0 spiro atoms. The fraction of sp³-hybridized carbons (Fsp3) is 0.250. The molecule has 2 atom stereocenters. The van der Waals surface area contributed by atoms with Gasteiger partial charge >= 0.3 is 0 Å². The molecule has 0 aliphatic carbocycles. The first-order valence-corrected chi connectivity index (χ1v) is 8.79. The van der Waals surface area contributed by atoms with Crippen molar-refractivity contribution in [2.75, 3.05) is 13.1 Å². The Hall–Kier alpha value is -2.74. The van der Waals surface area contributed by atoms with Crippen LogP contribution in [0.3, 0.4) is 0 Å². The van der Waals surface area contributed by atoms with Gasteiger partial charge in [-0.25, -0.2) is 4.39 Å². The van der Waals surface area contributed by atoms with Gasteiger partial charge in [-0.1, -0.05) is 30.3 Å². The van der Waals surface area contributed by atoms with E-state index in [2.05, 4.69) is 10.3 Å². The molecule has 6 nitrogen and oxygen atoms in total. The fourth-order valence-corrected chi connectivity index (χ4v) is 3.05. The Balaban J connectivity index is 1.90. The number of hydrogen-bond acceptors (Lipinski definition) is 4. The van der Waals surface area contributed by atoms with E-state index in [9.17, 15) is 14.3 Å². The topological polar surface area (TPSA) is 117 Å². The average Bonchev–Trinajstić information content (AvgIpc) is 3.06. The Morgan fingerprint density at radius 1 is 1.19 bits per heavy atom. The van der Waals surface area contributed by atoms with Crippen molar-refractivity contribution < 1.29 is 14.3 Å². The number of carbonyl (C=O) groups excluding carboxylic acids is 1. The molecule has 3 aromatic rings. The minimum Gasteiger partial charge on any atom is -0.391 e. The van der Waals surface area contributed by atoms with Gasteiger partial charge in [-0.2, -0.15) is 0 Å². The SMILES string of the molecule is NCCC(O)[C@@H](N)CNC(=O)c1[nH]c2ccccc2c1-c1ccc(F)cc1. The predicted molar refractivity (Wildman–Crippen MR) is 104 cm³/mol. The number of nitrogens with one attached hydrogen (secondary N) is 2. The van der Waals surface area contributed by atoms with Crippen LogP contribution in [0.25, 0.3) is 22.0 Å². The van der Waals surface area contributed by atoms with Crippen LogP contribution in [-0.2, 0) is 0 Å². The van der Waals surface area contributed by atoms with E-state index < -0.39 is 12.1 Å². The molecule has 0 radical (unpaired) electrons. The van der Waals surface area contributed by atoms with E-state index in [1.54, 1.807) is 12.1 Å². The summed E-state index contributed by atoms with van der Waals surface area (Å²) in [5.74, 6) is -0.689. The fourth-order valence-electron chi connectivity index (χ4n) is 3.05. The van der Waals surface area contributed by atoms with Crippen LogP contribution in [0.1, 0.15) is 16.9 Å². The summed E-state index contributed by atoms with van der Waals surface area (Å²) in [5.41, 5.74) is 13.9. The van der Waals surface area contributed by atoms with Crippen molar-refractivity contribution in [2.24, 2.45) is 11.5 Å². The summed E-state index contributed by atoms with van der Waals surface area (Å²) in [6.07, 6.45) is -0.417. The zero-order valence-corrected chi connectivity index (χ0v) is 14.8. The van der Waals surface area contributed by atoms with E-state index >= 15 is 0 Å². The highest BCUT2D eigenvalue weighted by Gasteiger charge is 2.21. The smallest absolute Gasteiger partial charge is 0.268 e. The summed E-state index contributed by atoms with van der Waals surface area (Å²) in [5, 5.41) is 13.5. The summed E-state index contributed by atoms with van der Waals surface area (Å²) in [6, 6.07) is 12.9. The maximum absolute atomic E-state index is 13.3. The van der Waals surface area contributed by atoms with Crippen LogP contribution >= 0.6 is 0 Å². The highest BCUT2D eigenvalue weighted by Crippen LogP contribution is 2.32. The average molecular weight is 370 g/mol. The minimum atomic E-state index is -0.783. The van der Waals surface area contributed by atoms with Gasteiger partial charge in [0.05, 0.1) is 6.10 Å². The highest BCUT2D eigenvalue weighted by molar-refractivity contribution is 6.09. The van der Waals surface area contributed by atoms with Gasteiger partial charge in [0.2, 0.25) is 0 Å². The number of nitrogens with two attached hydrogens (primary N) is 2. The molecule has 0 aliphatic heterocycles. The van der Waals surface area contributed by atoms with Crippen LogP contribution in [0.4, 0.5) is 4.39 Å². The second-order valence-corrected chi connectivity index (χ2v) is 6.45. The summed E-state index contributed by atoms with van der Waals surface area (Å²) >= 11 is 0. The normalized spacial score (nSPS) is 13.5. The molecule has 1 unspecified atom stereocenters. The van der Waals surface area contributed by atoms with Gasteiger partial charge in [-0.05, 0) is 36.7 Å². The van der Waals surface area contributed by atoms with E-state index in [0.717, 1.165) is 16.5 Å². The second-order valence-electron chi connectivity index (χ2n) is 6.45. The molecule has 7 heteroatoms. The molecule has 1 heterocycles. The van der Waals surface area contributed by atoms with E-state index in [-0.39, 0.29) is 18.3 Å². The van der Waals surface area contributed by atoms with Gasteiger partial charge in [0.1, 0.15) is 11.5 Å². The monoisotopic (exact) mass is 370 g/mol. The molecule has 27 heavy (non-hydrogen) atoms. The zero-order chi connectivity index (χ0) is 19.4. The number of aromatic amines is 1. The van der Waals surface area contributed by atoms with Crippen LogP contribution in [0, 0.1) is 5.82 Å². The molecule has 0 saturated carbocycles. The van der Waals surface area contributed by atoms with Crippen molar-refractivity contribution in [1.29, 1.82) is 0 Å². The van der Waals surface area contributed by atoms with Crippen LogP contribution in [0.5, 0.6) is 0 Å². The number of benzene rings is 2. The van der Waals surface area contributed by atoms with Crippen molar-refractivity contribution in [3.63, 3.8) is 0 Å². The van der Waals surface area contributed by atoms with Gasteiger partial charge < -0.3 is 26.9 Å². The largest absolute Gasteiger partial charge is 0.391 e. The predicted octanol–water partition coefficient (Wildman–Crippen LogP) is 1.74. The number of halogens is 1. The number of aliphatic hydroxyl groups excluding tert-OH is 1. The molecule has 1 aromatic heterocycles. The summed E-state index contributed by atoms with van der Waals surface area (Å²) < 4.78 is 13.3.